The van der Waals surface area contributed by atoms with Crippen LogP contribution >= 0.6 is 0 Å². The van der Waals surface area contributed by atoms with Gasteiger partial charge in [-0.25, -0.2) is 5.43 Å². The van der Waals surface area contributed by atoms with Gasteiger partial charge in [0.25, 0.3) is 0 Å². The number of ether oxygens (including phenoxy) is 2. The highest BCUT2D eigenvalue weighted by molar-refractivity contribution is 6.39. The van der Waals surface area contributed by atoms with Gasteiger partial charge in [-0.05, 0) is 54.4 Å². The van der Waals surface area contributed by atoms with Crippen LogP contribution in [0.1, 0.15) is 16.7 Å². The number of amides is 2. The van der Waals surface area contributed by atoms with Crippen LogP contribution in [0.5, 0.6) is 11.5 Å². The average Bonchev–Trinajstić information content (AvgIpc) is 2.79. The topological polar surface area (TPSA) is 89.0 Å². The van der Waals surface area contributed by atoms with E-state index in [-0.39, 0.29) is 0 Å². The summed E-state index contributed by atoms with van der Waals surface area (Å²) < 4.78 is 10.8. The highest BCUT2D eigenvalue weighted by Gasteiger charge is 2.12. The number of anilines is 1. The molecular formula is C24H23N3O4. The van der Waals surface area contributed by atoms with Crippen LogP contribution < -0.4 is 20.2 Å². The Balaban J connectivity index is 1.50. The third-order valence-corrected chi connectivity index (χ3v) is 4.32. The first kappa shape index (κ1) is 21.6. The number of carbonyl (C=O) groups excluding carboxylic acids is 2. The average molecular weight is 417 g/mol. The lowest BCUT2D eigenvalue weighted by molar-refractivity contribution is -0.136. The second-order valence-corrected chi connectivity index (χ2v) is 6.73. The largest absolute Gasteiger partial charge is 0.497 e. The normalized spacial score (nSPS) is 10.5. The number of benzene rings is 3. The predicted molar refractivity (Wildman–Crippen MR) is 119 cm³/mol. The van der Waals surface area contributed by atoms with Gasteiger partial charge in [-0.1, -0.05) is 42.0 Å². The Morgan fingerprint density at radius 1 is 0.935 bits per heavy atom. The molecule has 0 fully saturated rings. The second-order valence-electron chi connectivity index (χ2n) is 6.73. The van der Waals surface area contributed by atoms with Crippen LogP contribution in [-0.4, -0.2) is 25.1 Å². The van der Waals surface area contributed by atoms with Crippen molar-refractivity contribution in [1.29, 1.82) is 0 Å². The third-order valence-electron chi connectivity index (χ3n) is 4.32. The minimum atomic E-state index is -0.876. The van der Waals surface area contributed by atoms with Crippen LogP contribution in [0.3, 0.4) is 0 Å². The van der Waals surface area contributed by atoms with Gasteiger partial charge in [0.05, 0.1) is 13.3 Å². The van der Waals surface area contributed by atoms with Crippen molar-refractivity contribution in [2.75, 3.05) is 12.4 Å². The van der Waals surface area contributed by atoms with E-state index in [4.69, 9.17) is 9.47 Å². The number of methoxy groups -OCH3 is 1. The van der Waals surface area contributed by atoms with Gasteiger partial charge in [-0.2, -0.15) is 5.10 Å². The summed E-state index contributed by atoms with van der Waals surface area (Å²) in [6.45, 7) is 2.48. The van der Waals surface area contributed by atoms with E-state index in [1.165, 1.54) is 11.8 Å². The minimum Gasteiger partial charge on any atom is -0.497 e. The maximum absolute atomic E-state index is 12.0. The summed E-state index contributed by atoms with van der Waals surface area (Å²) >= 11 is 0. The zero-order chi connectivity index (χ0) is 22.1. The molecule has 2 amide bonds. The molecule has 0 aliphatic heterocycles. The predicted octanol–water partition coefficient (Wildman–Crippen LogP) is 3.67. The molecule has 0 heterocycles. The molecule has 0 radical (unpaired) electrons. The number of aryl methyl sites for hydroxylation is 1. The maximum Gasteiger partial charge on any atom is 0.329 e. The molecule has 7 nitrogen and oxygen atoms in total. The minimum absolute atomic E-state index is 0.448. The van der Waals surface area contributed by atoms with Gasteiger partial charge in [0.1, 0.15) is 18.1 Å². The molecule has 31 heavy (non-hydrogen) atoms. The molecule has 0 atom stereocenters. The maximum atomic E-state index is 12.0. The van der Waals surface area contributed by atoms with Crippen LogP contribution in [0.15, 0.2) is 77.9 Å². The van der Waals surface area contributed by atoms with E-state index < -0.39 is 11.8 Å². The van der Waals surface area contributed by atoms with Crippen LogP contribution in [0.2, 0.25) is 0 Å². The molecule has 0 aliphatic rings. The van der Waals surface area contributed by atoms with Crippen LogP contribution in [-0.2, 0) is 16.2 Å². The number of nitrogens with one attached hydrogen (secondary N) is 2. The molecule has 0 aromatic heterocycles. The summed E-state index contributed by atoms with van der Waals surface area (Å²) in [7, 11) is 1.55. The number of hydrogen-bond acceptors (Lipinski definition) is 5. The van der Waals surface area contributed by atoms with E-state index in [1.54, 1.807) is 37.4 Å². The Hall–Kier alpha value is -4.13. The van der Waals surface area contributed by atoms with Crippen molar-refractivity contribution >= 4 is 23.7 Å². The van der Waals surface area contributed by atoms with Crippen molar-refractivity contribution in [3.8, 4) is 11.5 Å². The summed E-state index contributed by atoms with van der Waals surface area (Å²) in [4.78, 5) is 23.9. The van der Waals surface area contributed by atoms with Gasteiger partial charge in [0.2, 0.25) is 0 Å². The number of hydrazone groups is 1. The summed E-state index contributed by atoms with van der Waals surface area (Å²) in [5.41, 5.74) is 5.67. The number of nitrogens with zero attached hydrogens (tertiary/aromatic N) is 1. The SMILES string of the molecule is COc1ccc(NC(=O)C(=O)N/N=C/c2cccc(OCc3ccc(C)cc3)c2)cc1. The Kier molecular flexibility index (Phi) is 7.37. The van der Waals surface area contributed by atoms with Gasteiger partial charge in [-0.15, -0.1) is 0 Å². The molecule has 7 heteroatoms. The molecule has 0 spiro atoms. The second kappa shape index (κ2) is 10.6. The zero-order valence-corrected chi connectivity index (χ0v) is 17.3. The molecule has 3 aromatic carbocycles. The van der Waals surface area contributed by atoms with Crippen molar-refractivity contribution in [1.82, 2.24) is 5.43 Å². The van der Waals surface area contributed by atoms with E-state index in [9.17, 15) is 9.59 Å². The first-order chi connectivity index (χ1) is 15.0. The van der Waals surface area contributed by atoms with Crippen LogP contribution in [0.25, 0.3) is 0 Å². The van der Waals surface area contributed by atoms with Crippen LogP contribution in [0.4, 0.5) is 5.69 Å². The Labute approximate surface area is 180 Å². The highest BCUT2D eigenvalue weighted by atomic mass is 16.5. The first-order valence-corrected chi connectivity index (χ1v) is 9.60. The van der Waals surface area contributed by atoms with Crippen molar-refractivity contribution < 1.29 is 19.1 Å². The molecule has 2 N–H and O–H groups in total. The standard InChI is InChI=1S/C24H23N3O4/c1-17-6-8-18(9-7-17)16-31-22-5-3-4-19(14-22)15-25-27-24(29)23(28)26-20-10-12-21(30-2)13-11-20/h3-15H,16H2,1-2H3,(H,26,28)(H,27,29)/b25-15+. The third kappa shape index (κ3) is 6.71. The van der Waals surface area contributed by atoms with E-state index in [2.05, 4.69) is 15.8 Å². The fourth-order valence-electron chi connectivity index (χ4n) is 2.61. The lowest BCUT2D eigenvalue weighted by atomic mass is 10.2. The van der Waals surface area contributed by atoms with Gasteiger partial charge < -0.3 is 14.8 Å². The smallest absolute Gasteiger partial charge is 0.329 e. The summed E-state index contributed by atoms with van der Waals surface area (Å²) in [5.74, 6) is -0.374. The molecule has 0 bridgehead atoms. The molecule has 158 valence electrons. The summed E-state index contributed by atoms with van der Waals surface area (Å²) in [6, 6.07) is 22.0. The molecule has 3 rings (SSSR count). The number of hydrogen-bond donors (Lipinski definition) is 2. The van der Waals surface area contributed by atoms with Gasteiger partial charge >= 0.3 is 11.8 Å². The van der Waals surface area contributed by atoms with E-state index in [0.29, 0.717) is 23.8 Å². The monoisotopic (exact) mass is 417 g/mol. The van der Waals surface area contributed by atoms with Crippen molar-refractivity contribution in [2.24, 2.45) is 5.10 Å². The Morgan fingerprint density at radius 3 is 2.39 bits per heavy atom. The van der Waals surface area contributed by atoms with Gasteiger partial charge in [0.15, 0.2) is 0 Å². The Morgan fingerprint density at radius 2 is 1.68 bits per heavy atom. The fraction of sp³-hybridized carbons (Fsp3) is 0.125. The van der Waals surface area contributed by atoms with Crippen molar-refractivity contribution in [3.05, 3.63) is 89.5 Å². The van der Waals surface area contributed by atoms with Gasteiger partial charge in [-0.3, -0.25) is 9.59 Å². The summed E-state index contributed by atoms with van der Waals surface area (Å²) in [6.07, 6.45) is 1.44. The van der Waals surface area contributed by atoms with Crippen molar-refractivity contribution in [2.45, 2.75) is 13.5 Å². The zero-order valence-electron chi connectivity index (χ0n) is 17.3. The molecule has 0 unspecified atom stereocenters. The highest BCUT2D eigenvalue weighted by Crippen LogP contribution is 2.15. The lowest BCUT2D eigenvalue weighted by Gasteiger charge is -2.07. The molecule has 0 aliphatic carbocycles. The molecule has 0 saturated carbocycles. The van der Waals surface area contributed by atoms with E-state index >= 15 is 0 Å². The quantitative estimate of drug-likeness (QED) is 0.349. The van der Waals surface area contributed by atoms with Crippen LogP contribution in [0, 0.1) is 6.92 Å². The Bertz CT molecular complexity index is 1060. The summed E-state index contributed by atoms with van der Waals surface area (Å²) in [5, 5.41) is 6.33. The first-order valence-electron chi connectivity index (χ1n) is 9.60. The molecule has 3 aromatic rings. The fourth-order valence-corrected chi connectivity index (χ4v) is 2.61. The number of carbonyl (C=O) groups is 2. The van der Waals surface area contributed by atoms with Gasteiger partial charge in [0, 0.05) is 5.69 Å². The van der Waals surface area contributed by atoms with Crippen molar-refractivity contribution in [3.63, 3.8) is 0 Å². The van der Waals surface area contributed by atoms with E-state index in [0.717, 1.165) is 11.1 Å². The molecule has 0 saturated heterocycles. The number of rotatable bonds is 7. The lowest BCUT2D eigenvalue weighted by Crippen LogP contribution is -2.32. The molecular weight excluding hydrogens is 394 g/mol. The van der Waals surface area contributed by atoms with E-state index in [1.807, 2.05) is 49.4 Å².